The van der Waals surface area contributed by atoms with Gasteiger partial charge in [0, 0.05) is 16.5 Å². The molecular formula is C20H23F3N4O2. The van der Waals surface area contributed by atoms with Gasteiger partial charge in [0.1, 0.15) is 17.5 Å². The standard InChI is InChI=1S/C20H23F3N4O2/c1-10(11-6-5-7-12(15(11)21)16(22)23)24-17-13-8-27(19(28)29)9-14(13)25-18(26-17)20(2,3)4/h5-7,10,16H,8-9H2,1-4H3,(H,28,29)(H,24,25,26). The number of halogens is 3. The summed E-state index contributed by atoms with van der Waals surface area (Å²) < 4.78 is 40.6. The van der Waals surface area contributed by atoms with Crippen molar-refractivity contribution in [1.29, 1.82) is 0 Å². The average Bonchev–Trinajstić information content (AvgIpc) is 3.05. The summed E-state index contributed by atoms with van der Waals surface area (Å²) in [5.74, 6) is -0.0607. The predicted molar refractivity (Wildman–Crippen MR) is 101 cm³/mol. The number of rotatable bonds is 4. The number of alkyl halides is 2. The number of anilines is 1. The van der Waals surface area contributed by atoms with Gasteiger partial charge in [0.15, 0.2) is 0 Å². The number of hydrogen-bond donors (Lipinski definition) is 2. The van der Waals surface area contributed by atoms with E-state index in [1.807, 2.05) is 20.8 Å². The molecule has 1 unspecified atom stereocenters. The number of carbonyl (C=O) groups is 1. The van der Waals surface area contributed by atoms with Crippen LogP contribution in [0.1, 0.15) is 68.4 Å². The third-order valence-electron chi connectivity index (χ3n) is 4.84. The Hall–Kier alpha value is -2.84. The van der Waals surface area contributed by atoms with Gasteiger partial charge in [-0.25, -0.2) is 27.9 Å². The van der Waals surface area contributed by atoms with Crippen LogP contribution in [0.4, 0.5) is 23.8 Å². The lowest BCUT2D eigenvalue weighted by atomic mass is 9.95. The van der Waals surface area contributed by atoms with Crippen LogP contribution in [0.3, 0.4) is 0 Å². The van der Waals surface area contributed by atoms with Gasteiger partial charge >= 0.3 is 6.09 Å². The molecule has 1 aromatic carbocycles. The molecule has 2 N–H and O–H groups in total. The van der Waals surface area contributed by atoms with Gasteiger partial charge in [0.2, 0.25) is 0 Å². The van der Waals surface area contributed by atoms with Crippen molar-refractivity contribution in [2.45, 2.75) is 58.7 Å². The van der Waals surface area contributed by atoms with Crippen LogP contribution < -0.4 is 5.32 Å². The second-order valence-corrected chi connectivity index (χ2v) is 8.13. The lowest BCUT2D eigenvalue weighted by Gasteiger charge is -2.22. The fourth-order valence-electron chi connectivity index (χ4n) is 3.20. The highest BCUT2D eigenvalue weighted by molar-refractivity contribution is 5.67. The number of nitrogens with one attached hydrogen (secondary N) is 1. The number of hydrogen-bond acceptors (Lipinski definition) is 4. The van der Waals surface area contributed by atoms with Crippen LogP contribution >= 0.6 is 0 Å². The van der Waals surface area contributed by atoms with Gasteiger partial charge in [-0.05, 0) is 6.92 Å². The number of amides is 1. The van der Waals surface area contributed by atoms with Crippen molar-refractivity contribution in [1.82, 2.24) is 14.9 Å². The summed E-state index contributed by atoms with van der Waals surface area (Å²) in [5, 5.41) is 12.4. The van der Waals surface area contributed by atoms with Crippen molar-refractivity contribution in [3.05, 3.63) is 52.2 Å². The monoisotopic (exact) mass is 408 g/mol. The van der Waals surface area contributed by atoms with E-state index in [2.05, 4.69) is 15.3 Å². The van der Waals surface area contributed by atoms with E-state index in [1.54, 1.807) is 6.92 Å². The maximum absolute atomic E-state index is 14.5. The molecule has 29 heavy (non-hydrogen) atoms. The molecule has 1 atom stereocenters. The zero-order chi connectivity index (χ0) is 21.5. The third-order valence-corrected chi connectivity index (χ3v) is 4.84. The number of aromatic nitrogens is 2. The summed E-state index contributed by atoms with van der Waals surface area (Å²) in [6, 6.07) is 3.21. The first-order valence-electron chi connectivity index (χ1n) is 9.20. The summed E-state index contributed by atoms with van der Waals surface area (Å²) >= 11 is 0. The fraction of sp³-hybridized carbons (Fsp3) is 0.450. The van der Waals surface area contributed by atoms with Crippen molar-refractivity contribution in [3.63, 3.8) is 0 Å². The Morgan fingerprint density at radius 3 is 2.45 bits per heavy atom. The van der Waals surface area contributed by atoms with Gasteiger partial charge in [-0.15, -0.1) is 0 Å². The molecule has 0 radical (unpaired) electrons. The molecule has 1 aromatic heterocycles. The Bertz CT molecular complexity index is 944. The summed E-state index contributed by atoms with van der Waals surface area (Å²) in [6.45, 7) is 7.66. The average molecular weight is 408 g/mol. The highest BCUT2D eigenvalue weighted by atomic mass is 19.3. The third kappa shape index (κ3) is 4.13. The molecule has 0 spiro atoms. The van der Waals surface area contributed by atoms with E-state index in [4.69, 9.17) is 0 Å². The van der Waals surface area contributed by atoms with Crippen molar-refractivity contribution < 1.29 is 23.1 Å². The lowest BCUT2D eigenvalue weighted by Crippen LogP contribution is -2.23. The molecule has 6 nitrogen and oxygen atoms in total. The molecule has 0 fully saturated rings. The normalized spacial score (nSPS) is 14.8. The first-order valence-corrected chi connectivity index (χ1v) is 9.20. The minimum Gasteiger partial charge on any atom is -0.465 e. The highest BCUT2D eigenvalue weighted by Gasteiger charge is 2.31. The van der Waals surface area contributed by atoms with Crippen LogP contribution in [-0.2, 0) is 18.5 Å². The van der Waals surface area contributed by atoms with Crippen LogP contribution in [0.15, 0.2) is 18.2 Å². The van der Waals surface area contributed by atoms with Gasteiger partial charge in [-0.1, -0.05) is 39.0 Å². The van der Waals surface area contributed by atoms with E-state index in [1.165, 1.54) is 17.0 Å². The SMILES string of the molecule is CC(Nc1nc(C(C)(C)C)nc2c1CN(C(=O)O)C2)c1cccc(C(F)F)c1F. The van der Waals surface area contributed by atoms with E-state index in [0.717, 1.165) is 6.07 Å². The van der Waals surface area contributed by atoms with Gasteiger partial charge < -0.3 is 10.4 Å². The Morgan fingerprint density at radius 1 is 1.21 bits per heavy atom. The van der Waals surface area contributed by atoms with E-state index in [0.29, 0.717) is 22.9 Å². The second kappa shape index (κ2) is 7.53. The predicted octanol–water partition coefficient (Wildman–Crippen LogP) is 5.02. The molecule has 0 aliphatic carbocycles. The molecule has 1 aliphatic heterocycles. The van der Waals surface area contributed by atoms with Crippen LogP contribution in [-0.4, -0.2) is 26.1 Å². The Morgan fingerprint density at radius 2 is 1.86 bits per heavy atom. The lowest BCUT2D eigenvalue weighted by molar-refractivity contribution is 0.144. The quantitative estimate of drug-likeness (QED) is 0.743. The molecule has 0 bridgehead atoms. The number of fused-ring (bicyclic) bond motifs is 1. The fourth-order valence-corrected chi connectivity index (χ4v) is 3.20. The smallest absolute Gasteiger partial charge is 0.407 e. The number of nitrogens with zero attached hydrogens (tertiary/aromatic N) is 3. The summed E-state index contributed by atoms with van der Waals surface area (Å²) in [7, 11) is 0. The Balaban J connectivity index is 2.00. The summed E-state index contributed by atoms with van der Waals surface area (Å²) in [4.78, 5) is 21.7. The Labute approximate surface area is 166 Å². The van der Waals surface area contributed by atoms with Crippen molar-refractivity contribution in [2.75, 3.05) is 5.32 Å². The molecule has 3 rings (SSSR count). The van der Waals surface area contributed by atoms with Gasteiger partial charge in [0.25, 0.3) is 6.43 Å². The van der Waals surface area contributed by atoms with Gasteiger partial charge in [-0.2, -0.15) is 0 Å². The summed E-state index contributed by atoms with van der Waals surface area (Å²) in [5.41, 5.74) is 0.227. The molecule has 2 heterocycles. The number of benzene rings is 1. The second-order valence-electron chi connectivity index (χ2n) is 8.13. The molecular weight excluding hydrogens is 385 g/mol. The minimum absolute atomic E-state index is 0.0839. The van der Waals surface area contributed by atoms with Crippen LogP contribution in [0.25, 0.3) is 0 Å². The maximum atomic E-state index is 14.5. The zero-order valence-electron chi connectivity index (χ0n) is 16.6. The molecule has 0 saturated heterocycles. The zero-order valence-corrected chi connectivity index (χ0v) is 16.6. The first kappa shape index (κ1) is 20.9. The minimum atomic E-state index is -2.91. The number of carboxylic acid groups (broad SMARTS) is 1. The largest absolute Gasteiger partial charge is 0.465 e. The Kier molecular flexibility index (Phi) is 5.42. The maximum Gasteiger partial charge on any atom is 0.407 e. The molecule has 1 amide bonds. The van der Waals surface area contributed by atoms with E-state index in [9.17, 15) is 23.1 Å². The molecule has 2 aromatic rings. The molecule has 1 aliphatic rings. The van der Waals surface area contributed by atoms with Crippen LogP contribution in [0.2, 0.25) is 0 Å². The van der Waals surface area contributed by atoms with Crippen molar-refractivity contribution >= 4 is 11.9 Å². The van der Waals surface area contributed by atoms with Crippen LogP contribution in [0.5, 0.6) is 0 Å². The topological polar surface area (TPSA) is 78.4 Å². The summed E-state index contributed by atoms with van der Waals surface area (Å²) in [6.07, 6.45) is -3.99. The van der Waals surface area contributed by atoms with Crippen LogP contribution in [0, 0.1) is 5.82 Å². The van der Waals surface area contributed by atoms with E-state index >= 15 is 0 Å². The van der Waals surface area contributed by atoms with Crippen molar-refractivity contribution in [3.8, 4) is 0 Å². The van der Waals surface area contributed by atoms with Gasteiger partial charge in [0.05, 0.1) is 30.4 Å². The van der Waals surface area contributed by atoms with Gasteiger partial charge in [-0.3, -0.25) is 4.90 Å². The van der Waals surface area contributed by atoms with E-state index in [-0.39, 0.29) is 18.7 Å². The first-order chi connectivity index (χ1) is 13.5. The molecule has 9 heteroatoms. The highest BCUT2D eigenvalue weighted by Crippen LogP contribution is 2.33. The van der Waals surface area contributed by atoms with E-state index < -0.39 is 35.4 Å². The molecule has 156 valence electrons. The molecule has 0 saturated carbocycles. The van der Waals surface area contributed by atoms with Crippen molar-refractivity contribution in [2.24, 2.45) is 0 Å².